The molecular weight excluding hydrogens is 606 g/mol. The number of esters is 1. The van der Waals surface area contributed by atoms with Gasteiger partial charge in [-0.3, -0.25) is 4.79 Å². The molecule has 4 aliphatic rings. The molecule has 4 heterocycles. The minimum absolute atomic E-state index is 0.208. The fraction of sp³-hybridized carbons (Fsp3) is 0.472. The van der Waals surface area contributed by atoms with E-state index in [1.807, 2.05) is 91.0 Å². The molecule has 7 rings (SSSR count). The van der Waals surface area contributed by atoms with E-state index in [-0.39, 0.29) is 19.8 Å². The minimum atomic E-state index is -1.25. The highest BCUT2D eigenvalue weighted by atomic mass is 16.8. The number of ether oxygens (including phenoxy) is 9. The summed E-state index contributed by atoms with van der Waals surface area (Å²) >= 11 is 0. The topological polar surface area (TPSA) is 126 Å². The lowest BCUT2D eigenvalue weighted by molar-refractivity contribution is -0.396. The standard InChI is InChI=1S/C36H41NO10/c1-22(38)43-32-28(37)34-42-21-27(45-34)36(32,2)47-35-31(40-19-24-14-8-4-9-15-24)30(39-18-23-12-6-3-7-13-23)29-26(44-35)20-41-33(46-29)25-16-10-5-11-17-25/h3-17,26-35H,18-21,37H2,1-2H3/t26?,27?,28?,29-,30?,31?,32?,33?,34-,35+,36?/m1/s1. The average molecular weight is 648 g/mol. The second kappa shape index (κ2) is 14.1. The molecule has 8 unspecified atom stereocenters. The monoisotopic (exact) mass is 647 g/mol. The second-order valence-electron chi connectivity index (χ2n) is 12.5. The molecule has 3 aromatic rings. The van der Waals surface area contributed by atoms with Crippen LogP contribution in [0.15, 0.2) is 91.0 Å². The van der Waals surface area contributed by atoms with Gasteiger partial charge in [-0.25, -0.2) is 0 Å². The van der Waals surface area contributed by atoms with E-state index in [4.69, 9.17) is 48.4 Å². The van der Waals surface area contributed by atoms with Crippen molar-refractivity contribution < 1.29 is 47.4 Å². The van der Waals surface area contributed by atoms with E-state index >= 15 is 0 Å². The SMILES string of the molecule is CC(=O)OC1C(N)[C@@H]2OCC(O2)C1(C)O[C@@H]1OC2COC(c3ccccc3)O[C@H]2C(OCc2ccccc2)C1OCc1ccccc1. The molecule has 11 nitrogen and oxygen atoms in total. The molecule has 11 atom stereocenters. The third-order valence-electron chi connectivity index (χ3n) is 9.17. The normalized spacial score (nSPS) is 36.4. The van der Waals surface area contributed by atoms with Crippen LogP contribution in [0.25, 0.3) is 0 Å². The third-order valence-corrected chi connectivity index (χ3v) is 9.17. The largest absolute Gasteiger partial charge is 0.457 e. The van der Waals surface area contributed by atoms with Crippen LogP contribution in [0.3, 0.4) is 0 Å². The van der Waals surface area contributed by atoms with Crippen molar-refractivity contribution in [2.24, 2.45) is 5.73 Å². The van der Waals surface area contributed by atoms with Crippen LogP contribution in [0, 0.1) is 0 Å². The predicted octanol–water partition coefficient (Wildman–Crippen LogP) is 3.79. The van der Waals surface area contributed by atoms with Crippen molar-refractivity contribution in [3.05, 3.63) is 108 Å². The van der Waals surface area contributed by atoms with Crippen LogP contribution in [0.1, 0.15) is 36.8 Å². The molecule has 0 aromatic heterocycles. The molecule has 0 aliphatic carbocycles. The van der Waals surface area contributed by atoms with Crippen molar-refractivity contribution in [2.75, 3.05) is 13.2 Å². The Morgan fingerprint density at radius 1 is 0.809 bits per heavy atom. The first-order chi connectivity index (χ1) is 22.9. The van der Waals surface area contributed by atoms with Gasteiger partial charge in [0.1, 0.15) is 36.1 Å². The van der Waals surface area contributed by atoms with E-state index in [1.54, 1.807) is 6.92 Å². The van der Waals surface area contributed by atoms with Crippen LogP contribution >= 0.6 is 0 Å². The van der Waals surface area contributed by atoms with Crippen molar-refractivity contribution in [1.29, 1.82) is 0 Å². The van der Waals surface area contributed by atoms with Crippen LogP contribution in [0.4, 0.5) is 0 Å². The Balaban J connectivity index is 1.23. The van der Waals surface area contributed by atoms with E-state index in [1.165, 1.54) is 6.92 Å². The van der Waals surface area contributed by atoms with Gasteiger partial charge in [0.25, 0.3) is 0 Å². The van der Waals surface area contributed by atoms with E-state index in [0.717, 1.165) is 16.7 Å². The van der Waals surface area contributed by atoms with Gasteiger partial charge in [-0.2, -0.15) is 0 Å². The third kappa shape index (κ3) is 6.86. The summed E-state index contributed by atoms with van der Waals surface area (Å²) in [5.74, 6) is -0.492. The molecule has 0 radical (unpaired) electrons. The van der Waals surface area contributed by atoms with Crippen LogP contribution in [0.5, 0.6) is 0 Å². The summed E-state index contributed by atoms with van der Waals surface area (Å²) in [6, 6.07) is 28.7. The molecule has 2 bridgehead atoms. The molecule has 3 aromatic carbocycles. The summed E-state index contributed by atoms with van der Waals surface area (Å²) < 4.78 is 57.4. The zero-order valence-electron chi connectivity index (χ0n) is 26.4. The van der Waals surface area contributed by atoms with Crippen LogP contribution in [0.2, 0.25) is 0 Å². The van der Waals surface area contributed by atoms with Crippen LogP contribution in [-0.4, -0.2) is 80.0 Å². The molecule has 4 saturated heterocycles. The molecule has 47 heavy (non-hydrogen) atoms. The smallest absolute Gasteiger partial charge is 0.303 e. The number of carbonyl (C=O) groups is 1. The first-order valence-electron chi connectivity index (χ1n) is 16.1. The molecule has 0 spiro atoms. The highest BCUT2D eigenvalue weighted by molar-refractivity contribution is 5.66. The number of hydrogen-bond acceptors (Lipinski definition) is 11. The van der Waals surface area contributed by atoms with Gasteiger partial charge in [-0.15, -0.1) is 0 Å². The Hall–Kier alpha value is -3.23. The Labute approximate surface area is 274 Å². The predicted molar refractivity (Wildman–Crippen MR) is 166 cm³/mol. The fourth-order valence-corrected chi connectivity index (χ4v) is 6.72. The number of rotatable bonds is 10. The van der Waals surface area contributed by atoms with Gasteiger partial charge < -0.3 is 48.4 Å². The van der Waals surface area contributed by atoms with Gasteiger partial charge in [0.05, 0.1) is 32.5 Å². The van der Waals surface area contributed by atoms with Crippen molar-refractivity contribution >= 4 is 5.97 Å². The van der Waals surface area contributed by atoms with Crippen LogP contribution in [-0.2, 0) is 60.6 Å². The zero-order valence-corrected chi connectivity index (χ0v) is 26.4. The molecular formula is C36H41NO10. The van der Waals surface area contributed by atoms with E-state index in [0.29, 0.717) is 6.61 Å². The summed E-state index contributed by atoms with van der Waals surface area (Å²) in [6.07, 6.45) is -6.42. The zero-order chi connectivity index (χ0) is 32.4. The maximum absolute atomic E-state index is 12.3. The maximum Gasteiger partial charge on any atom is 0.303 e. The highest BCUT2D eigenvalue weighted by Crippen LogP contribution is 2.43. The maximum atomic E-state index is 12.3. The quantitative estimate of drug-likeness (QED) is 0.323. The lowest BCUT2D eigenvalue weighted by Crippen LogP contribution is -2.70. The van der Waals surface area contributed by atoms with Crippen molar-refractivity contribution in [3.8, 4) is 0 Å². The number of fused-ring (bicyclic) bond motifs is 3. The fourth-order valence-electron chi connectivity index (χ4n) is 6.72. The molecule has 0 saturated carbocycles. The number of carbonyl (C=O) groups excluding carboxylic acids is 1. The van der Waals surface area contributed by atoms with Gasteiger partial charge in [0, 0.05) is 12.5 Å². The highest BCUT2D eigenvalue weighted by Gasteiger charge is 2.62. The van der Waals surface area contributed by atoms with Gasteiger partial charge in [0.15, 0.2) is 25.0 Å². The van der Waals surface area contributed by atoms with Crippen molar-refractivity contribution in [1.82, 2.24) is 0 Å². The van der Waals surface area contributed by atoms with Crippen LogP contribution < -0.4 is 5.73 Å². The van der Waals surface area contributed by atoms with E-state index in [9.17, 15) is 4.79 Å². The van der Waals surface area contributed by atoms with Crippen molar-refractivity contribution in [2.45, 2.75) is 94.2 Å². The number of benzene rings is 3. The van der Waals surface area contributed by atoms with Gasteiger partial charge in [0.2, 0.25) is 0 Å². The summed E-state index contributed by atoms with van der Waals surface area (Å²) in [5, 5.41) is 0. The molecule has 4 aliphatic heterocycles. The Bertz CT molecular complexity index is 1460. The minimum Gasteiger partial charge on any atom is -0.457 e. The molecule has 0 amide bonds. The molecule has 4 fully saturated rings. The van der Waals surface area contributed by atoms with E-state index < -0.39 is 73.1 Å². The van der Waals surface area contributed by atoms with Gasteiger partial charge >= 0.3 is 5.97 Å². The lowest BCUT2D eigenvalue weighted by Gasteiger charge is -2.52. The Morgan fingerprint density at radius 2 is 1.43 bits per heavy atom. The van der Waals surface area contributed by atoms with Gasteiger partial charge in [-0.05, 0) is 18.1 Å². The Kier molecular flexibility index (Phi) is 9.69. The number of nitrogens with two attached hydrogens (primary N) is 1. The number of hydrogen-bond donors (Lipinski definition) is 1. The van der Waals surface area contributed by atoms with Gasteiger partial charge in [-0.1, -0.05) is 91.0 Å². The summed E-state index contributed by atoms with van der Waals surface area (Å²) in [6.45, 7) is 4.12. The Morgan fingerprint density at radius 3 is 2.06 bits per heavy atom. The molecule has 11 heteroatoms. The summed E-state index contributed by atoms with van der Waals surface area (Å²) in [7, 11) is 0. The molecule has 250 valence electrons. The summed E-state index contributed by atoms with van der Waals surface area (Å²) in [4.78, 5) is 12.3. The summed E-state index contributed by atoms with van der Waals surface area (Å²) in [5.41, 5.74) is 8.11. The second-order valence-corrected chi connectivity index (χ2v) is 12.5. The first kappa shape index (κ1) is 32.3. The first-order valence-corrected chi connectivity index (χ1v) is 16.1. The molecule has 2 N–H and O–H groups in total. The average Bonchev–Trinajstić information content (AvgIpc) is 3.58. The van der Waals surface area contributed by atoms with E-state index in [2.05, 4.69) is 0 Å². The lowest BCUT2D eigenvalue weighted by atomic mass is 9.85. The van der Waals surface area contributed by atoms with Crippen molar-refractivity contribution in [3.63, 3.8) is 0 Å².